The highest BCUT2D eigenvalue weighted by Gasteiger charge is 2.15. The first-order valence-electron chi connectivity index (χ1n) is 8.90. The van der Waals surface area contributed by atoms with Crippen molar-refractivity contribution in [2.24, 2.45) is 0 Å². The van der Waals surface area contributed by atoms with E-state index in [9.17, 15) is 14.4 Å². The Hall–Kier alpha value is -3.10. The van der Waals surface area contributed by atoms with Crippen LogP contribution in [0.4, 0.5) is 4.79 Å². The van der Waals surface area contributed by atoms with E-state index in [1.165, 1.54) is 11.9 Å². The van der Waals surface area contributed by atoms with Crippen LogP contribution in [0.25, 0.3) is 0 Å². The van der Waals surface area contributed by atoms with Gasteiger partial charge in [0.2, 0.25) is 5.96 Å². The quantitative estimate of drug-likeness (QED) is 0.216. The van der Waals surface area contributed by atoms with Gasteiger partial charge in [0.25, 0.3) is 0 Å². The maximum Gasteiger partial charge on any atom is 0.414 e. The van der Waals surface area contributed by atoms with Crippen molar-refractivity contribution < 1.29 is 28.6 Å². The number of carbonyl (C=O) groups is 3. The minimum atomic E-state index is -0.880. The van der Waals surface area contributed by atoms with E-state index in [0.29, 0.717) is 6.42 Å². The Morgan fingerprint density at radius 2 is 1.71 bits per heavy atom. The van der Waals surface area contributed by atoms with Crippen LogP contribution >= 0.6 is 0 Å². The molecule has 0 aliphatic heterocycles. The van der Waals surface area contributed by atoms with E-state index in [-0.39, 0.29) is 44.2 Å². The maximum atomic E-state index is 11.6. The Bertz CT molecular complexity index is 663. The van der Waals surface area contributed by atoms with Crippen LogP contribution in [0.15, 0.2) is 30.3 Å². The lowest BCUT2D eigenvalue weighted by Gasteiger charge is -2.19. The Labute approximate surface area is 164 Å². The number of likely N-dealkylation sites (N-methyl/N-ethyl adjacent to an activating group) is 1. The predicted octanol–water partition coefficient (Wildman–Crippen LogP) is 1.71. The van der Waals surface area contributed by atoms with Crippen LogP contribution in [-0.2, 0) is 30.2 Å². The number of guanidine groups is 1. The van der Waals surface area contributed by atoms with Crippen molar-refractivity contribution in [1.82, 2.24) is 10.2 Å². The normalized spacial score (nSPS) is 10.1. The number of rotatable bonds is 9. The van der Waals surface area contributed by atoms with Crippen molar-refractivity contribution in [2.45, 2.75) is 32.8 Å². The molecule has 0 radical (unpaired) electrons. The number of alkyl carbamates (subject to hydrolysis) is 1. The van der Waals surface area contributed by atoms with Gasteiger partial charge in [-0.2, -0.15) is 0 Å². The third-order valence-corrected chi connectivity index (χ3v) is 3.38. The third-order valence-electron chi connectivity index (χ3n) is 3.38. The molecule has 0 saturated heterocycles. The monoisotopic (exact) mass is 393 g/mol. The van der Waals surface area contributed by atoms with E-state index in [0.717, 1.165) is 5.56 Å². The molecule has 0 atom stereocenters. The molecule has 2 N–H and O–H groups in total. The highest BCUT2D eigenvalue weighted by atomic mass is 16.6. The Morgan fingerprint density at radius 3 is 2.36 bits per heavy atom. The number of hydrogen-bond donors (Lipinski definition) is 2. The molecule has 1 aromatic rings. The minimum Gasteiger partial charge on any atom is -0.462 e. The maximum absolute atomic E-state index is 11.6. The van der Waals surface area contributed by atoms with Crippen LogP contribution in [0.3, 0.4) is 0 Å². The first-order valence-corrected chi connectivity index (χ1v) is 8.90. The zero-order chi connectivity index (χ0) is 20.9. The molecular weight excluding hydrogens is 366 g/mol. The molecule has 0 heterocycles. The molecule has 154 valence electrons. The molecule has 9 heteroatoms. The highest BCUT2D eigenvalue weighted by Crippen LogP contribution is 2.03. The van der Waals surface area contributed by atoms with Crippen LogP contribution < -0.4 is 5.32 Å². The Kier molecular flexibility index (Phi) is 10.1. The highest BCUT2D eigenvalue weighted by molar-refractivity contribution is 5.93. The summed E-state index contributed by atoms with van der Waals surface area (Å²) in [6.45, 7) is 3.02. The van der Waals surface area contributed by atoms with E-state index >= 15 is 0 Å². The molecule has 0 spiro atoms. The van der Waals surface area contributed by atoms with Gasteiger partial charge in [0, 0.05) is 13.5 Å². The van der Waals surface area contributed by atoms with Gasteiger partial charge in [-0.05, 0) is 25.8 Å². The smallest absolute Gasteiger partial charge is 0.414 e. The van der Waals surface area contributed by atoms with Gasteiger partial charge in [-0.3, -0.25) is 20.3 Å². The van der Waals surface area contributed by atoms with Gasteiger partial charge >= 0.3 is 18.0 Å². The zero-order valence-corrected chi connectivity index (χ0v) is 16.4. The fourth-order valence-electron chi connectivity index (χ4n) is 2.05. The first kappa shape index (κ1) is 22.9. The van der Waals surface area contributed by atoms with E-state index < -0.39 is 12.1 Å². The Morgan fingerprint density at radius 1 is 1.07 bits per heavy atom. The van der Waals surface area contributed by atoms with Crippen LogP contribution in [-0.4, -0.2) is 61.8 Å². The second-order valence-corrected chi connectivity index (χ2v) is 6.21. The number of nitrogens with one attached hydrogen (secondary N) is 2. The molecule has 28 heavy (non-hydrogen) atoms. The number of amides is 1. The fourth-order valence-corrected chi connectivity index (χ4v) is 2.05. The van der Waals surface area contributed by atoms with Crippen molar-refractivity contribution in [3.63, 3.8) is 0 Å². The van der Waals surface area contributed by atoms with Gasteiger partial charge in [-0.25, -0.2) is 4.79 Å². The molecule has 1 aromatic carbocycles. The molecule has 0 saturated carbocycles. The summed E-state index contributed by atoms with van der Waals surface area (Å²) in [5.74, 6) is -1.21. The van der Waals surface area contributed by atoms with Crippen LogP contribution in [0.2, 0.25) is 0 Å². The molecule has 1 rings (SSSR count). The lowest BCUT2D eigenvalue weighted by atomic mass is 10.1. The molecular formula is C19H27N3O6. The SMILES string of the molecule is CC(C)OC(=O)CN(C)C(=N)NC(=O)OCCOC(=O)CCc1ccccc1. The first-order chi connectivity index (χ1) is 13.3. The summed E-state index contributed by atoms with van der Waals surface area (Å²) in [6.07, 6.45) is -0.333. The van der Waals surface area contributed by atoms with Gasteiger partial charge < -0.3 is 19.1 Å². The molecule has 0 aromatic heterocycles. The van der Waals surface area contributed by atoms with Crippen LogP contribution in [0.5, 0.6) is 0 Å². The third kappa shape index (κ3) is 10.1. The standard InChI is InChI=1S/C19H27N3O6/c1-14(2)28-17(24)13-22(3)18(20)21-19(25)27-12-11-26-16(23)10-9-15-7-5-4-6-8-15/h4-8,14H,9-13H2,1-3H3,(H2,20,21,25). The average Bonchev–Trinajstić information content (AvgIpc) is 2.63. The average molecular weight is 393 g/mol. The minimum absolute atomic E-state index is 0.0784. The largest absolute Gasteiger partial charge is 0.462 e. The molecule has 0 aliphatic rings. The second kappa shape index (κ2) is 12.3. The van der Waals surface area contributed by atoms with Crippen LogP contribution in [0.1, 0.15) is 25.8 Å². The lowest BCUT2D eigenvalue weighted by Crippen LogP contribution is -2.44. The zero-order valence-electron chi connectivity index (χ0n) is 16.4. The molecule has 0 fully saturated rings. The van der Waals surface area contributed by atoms with Crippen LogP contribution in [0, 0.1) is 5.41 Å². The summed E-state index contributed by atoms with van der Waals surface area (Å²) in [6, 6.07) is 9.55. The van der Waals surface area contributed by atoms with Crippen molar-refractivity contribution in [1.29, 1.82) is 5.41 Å². The lowest BCUT2D eigenvalue weighted by molar-refractivity contribution is -0.147. The van der Waals surface area contributed by atoms with Crippen molar-refractivity contribution in [3.05, 3.63) is 35.9 Å². The molecule has 0 unspecified atom stereocenters. The molecule has 0 bridgehead atoms. The molecule has 9 nitrogen and oxygen atoms in total. The molecule has 0 aliphatic carbocycles. The van der Waals surface area contributed by atoms with Gasteiger partial charge in [-0.15, -0.1) is 0 Å². The van der Waals surface area contributed by atoms with E-state index in [1.807, 2.05) is 30.3 Å². The van der Waals surface area contributed by atoms with Crippen molar-refractivity contribution in [2.75, 3.05) is 26.8 Å². The Balaban J connectivity index is 2.16. The summed E-state index contributed by atoms with van der Waals surface area (Å²) in [4.78, 5) is 36.0. The van der Waals surface area contributed by atoms with Crippen molar-refractivity contribution in [3.8, 4) is 0 Å². The fraction of sp³-hybridized carbons (Fsp3) is 0.474. The van der Waals surface area contributed by atoms with Gasteiger partial charge in [0.1, 0.15) is 19.8 Å². The number of aryl methyl sites for hydroxylation is 1. The van der Waals surface area contributed by atoms with Gasteiger partial charge in [-0.1, -0.05) is 30.3 Å². The van der Waals surface area contributed by atoms with E-state index in [1.54, 1.807) is 13.8 Å². The number of hydrogen-bond acceptors (Lipinski definition) is 7. The summed E-state index contributed by atoms with van der Waals surface area (Å²) in [5, 5.41) is 9.88. The van der Waals surface area contributed by atoms with Gasteiger partial charge in [0.15, 0.2) is 0 Å². The number of esters is 2. The summed E-state index contributed by atoms with van der Waals surface area (Å²) >= 11 is 0. The number of ether oxygens (including phenoxy) is 3. The number of carbonyl (C=O) groups excluding carboxylic acids is 3. The topological polar surface area (TPSA) is 118 Å². The predicted molar refractivity (Wildman–Crippen MR) is 102 cm³/mol. The van der Waals surface area contributed by atoms with E-state index in [2.05, 4.69) is 5.32 Å². The summed E-state index contributed by atoms with van der Waals surface area (Å²) in [5.41, 5.74) is 1.04. The second-order valence-electron chi connectivity index (χ2n) is 6.21. The number of benzene rings is 1. The number of nitrogens with zero attached hydrogens (tertiary/aromatic N) is 1. The van der Waals surface area contributed by atoms with Gasteiger partial charge in [0.05, 0.1) is 6.10 Å². The van der Waals surface area contributed by atoms with E-state index in [4.69, 9.17) is 19.6 Å². The summed E-state index contributed by atoms with van der Waals surface area (Å²) in [7, 11) is 1.46. The van der Waals surface area contributed by atoms with Crippen molar-refractivity contribution >= 4 is 24.0 Å². The molecule has 1 amide bonds. The summed E-state index contributed by atoms with van der Waals surface area (Å²) < 4.78 is 14.8.